The highest BCUT2D eigenvalue weighted by Crippen LogP contribution is 2.01. The van der Waals surface area contributed by atoms with Crippen LogP contribution in [0.5, 0.6) is 0 Å². The molecule has 0 unspecified atom stereocenters. The van der Waals surface area contributed by atoms with E-state index in [0.29, 0.717) is 12.1 Å². The van der Waals surface area contributed by atoms with Crippen molar-refractivity contribution < 1.29 is 14.7 Å². The molecule has 1 rings (SSSR count). The predicted molar refractivity (Wildman–Crippen MR) is 73.1 cm³/mol. The number of rotatable bonds is 7. The largest absolute Gasteiger partial charge is 0.480 e. The molecule has 3 N–H and O–H groups in total. The number of carboxylic acid groups (broad SMARTS) is 1. The van der Waals surface area contributed by atoms with Gasteiger partial charge in [0.05, 0.1) is 24.1 Å². The van der Waals surface area contributed by atoms with Gasteiger partial charge in [-0.1, -0.05) is 19.8 Å². The molecular formula is C13H20N4O3. The van der Waals surface area contributed by atoms with Gasteiger partial charge in [0.2, 0.25) is 0 Å². The average molecular weight is 280 g/mol. The number of unbranched alkanes of at least 4 members (excludes halogenated alkanes) is 1. The van der Waals surface area contributed by atoms with Gasteiger partial charge < -0.3 is 15.7 Å². The van der Waals surface area contributed by atoms with Gasteiger partial charge in [0, 0.05) is 6.20 Å². The van der Waals surface area contributed by atoms with Crippen LogP contribution in [0.25, 0.3) is 0 Å². The number of hydrogen-bond acceptors (Lipinski definition) is 4. The van der Waals surface area contributed by atoms with Crippen LogP contribution in [0.15, 0.2) is 12.4 Å². The van der Waals surface area contributed by atoms with E-state index in [2.05, 4.69) is 20.6 Å². The third-order valence-electron chi connectivity index (χ3n) is 2.71. The third kappa shape index (κ3) is 5.64. The lowest BCUT2D eigenvalue weighted by Crippen LogP contribution is -2.45. The Kier molecular flexibility index (Phi) is 6.42. The summed E-state index contributed by atoms with van der Waals surface area (Å²) in [6.07, 6.45) is 5.23. The summed E-state index contributed by atoms with van der Waals surface area (Å²) in [4.78, 5) is 30.8. The van der Waals surface area contributed by atoms with Crippen molar-refractivity contribution in [1.29, 1.82) is 0 Å². The van der Waals surface area contributed by atoms with E-state index in [-0.39, 0.29) is 6.54 Å². The summed E-state index contributed by atoms with van der Waals surface area (Å²) in [6.45, 7) is 4.00. The SMILES string of the molecule is CCCC[C@H](NC(=O)NCc1cnc(C)cn1)C(=O)O. The van der Waals surface area contributed by atoms with Crippen molar-refractivity contribution in [3.8, 4) is 0 Å². The number of carbonyl (C=O) groups excluding carboxylic acids is 1. The fourth-order valence-electron chi connectivity index (χ4n) is 1.56. The number of hydrogen-bond donors (Lipinski definition) is 3. The Morgan fingerprint density at radius 2 is 2.10 bits per heavy atom. The highest BCUT2D eigenvalue weighted by Gasteiger charge is 2.18. The highest BCUT2D eigenvalue weighted by molar-refractivity contribution is 5.82. The lowest BCUT2D eigenvalue weighted by atomic mass is 10.1. The zero-order valence-electron chi connectivity index (χ0n) is 11.7. The first-order chi connectivity index (χ1) is 9.52. The molecule has 0 saturated carbocycles. The molecule has 1 aromatic heterocycles. The van der Waals surface area contributed by atoms with Crippen LogP contribution >= 0.6 is 0 Å². The second-order valence-electron chi connectivity index (χ2n) is 4.51. The first kappa shape index (κ1) is 15.9. The zero-order valence-corrected chi connectivity index (χ0v) is 11.7. The van der Waals surface area contributed by atoms with E-state index in [1.165, 1.54) is 0 Å². The Balaban J connectivity index is 2.41. The summed E-state index contributed by atoms with van der Waals surface area (Å²) in [6, 6.07) is -1.38. The number of carboxylic acids is 1. The van der Waals surface area contributed by atoms with Crippen LogP contribution in [0.1, 0.15) is 37.6 Å². The number of aliphatic carboxylic acids is 1. The van der Waals surface area contributed by atoms with E-state index in [9.17, 15) is 9.59 Å². The summed E-state index contributed by atoms with van der Waals surface area (Å²) >= 11 is 0. The standard InChI is InChI=1S/C13H20N4O3/c1-3-4-5-11(12(18)19)17-13(20)16-8-10-7-14-9(2)6-15-10/h6-7,11H,3-5,8H2,1-2H3,(H,18,19)(H2,16,17,20)/t11-/m0/s1. The van der Waals surface area contributed by atoms with E-state index in [0.717, 1.165) is 18.5 Å². The van der Waals surface area contributed by atoms with Gasteiger partial charge in [-0.3, -0.25) is 9.97 Å². The molecule has 1 atom stereocenters. The molecule has 7 nitrogen and oxygen atoms in total. The minimum Gasteiger partial charge on any atom is -0.480 e. The summed E-state index contributed by atoms with van der Waals surface area (Å²) < 4.78 is 0. The Labute approximate surface area is 117 Å². The van der Waals surface area contributed by atoms with Gasteiger partial charge in [-0.2, -0.15) is 0 Å². The van der Waals surface area contributed by atoms with Crippen molar-refractivity contribution in [2.75, 3.05) is 0 Å². The van der Waals surface area contributed by atoms with Crippen molar-refractivity contribution in [3.05, 3.63) is 23.8 Å². The molecule has 7 heteroatoms. The minimum atomic E-state index is -1.02. The molecule has 0 aliphatic rings. The Morgan fingerprint density at radius 1 is 1.35 bits per heavy atom. The topological polar surface area (TPSA) is 104 Å². The van der Waals surface area contributed by atoms with Crippen LogP contribution < -0.4 is 10.6 Å². The quantitative estimate of drug-likeness (QED) is 0.696. The molecule has 0 saturated heterocycles. The lowest BCUT2D eigenvalue weighted by molar-refractivity contribution is -0.139. The third-order valence-corrected chi connectivity index (χ3v) is 2.71. The van der Waals surface area contributed by atoms with Crippen molar-refractivity contribution in [3.63, 3.8) is 0 Å². The second-order valence-corrected chi connectivity index (χ2v) is 4.51. The summed E-state index contributed by atoms with van der Waals surface area (Å²) in [7, 11) is 0. The maximum Gasteiger partial charge on any atom is 0.326 e. The molecule has 20 heavy (non-hydrogen) atoms. The number of nitrogens with one attached hydrogen (secondary N) is 2. The molecule has 2 amide bonds. The van der Waals surface area contributed by atoms with Gasteiger partial charge in [0.1, 0.15) is 6.04 Å². The molecule has 1 heterocycles. The number of aryl methyl sites for hydroxylation is 1. The van der Waals surface area contributed by atoms with E-state index in [4.69, 9.17) is 5.11 Å². The van der Waals surface area contributed by atoms with Crippen LogP contribution in [0.3, 0.4) is 0 Å². The lowest BCUT2D eigenvalue weighted by Gasteiger charge is -2.14. The molecule has 0 fully saturated rings. The van der Waals surface area contributed by atoms with E-state index in [1.54, 1.807) is 12.4 Å². The van der Waals surface area contributed by atoms with E-state index < -0.39 is 18.0 Å². The van der Waals surface area contributed by atoms with Crippen LogP contribution in [0, 0.1) is 6.92 Å². The highest BCUT2D eigenvalue weighted by atomic mass is 16.4. The molecule has 110 valence electrons. The molecule has 0 spiro atoms. The van der Waals surface area contributed by atoms with Crippen molar-refractivity contribution in [1.82, 2.24) is 20.6 Å². The Morgan fingerprint density at radius 3 is 2.65 bits per heavy atom. The maximum atomic E-state index is 11.6. The molecule has 0 aliphatic heterocycles. The van der Waals surface area contributed by atoms with Crippen molar-refractivity contribution in [2.24, 2.45) is 0 Å². The first-order valence-electron chi connectivity index (χ1n) is 6.57. The number of amides is 2. The summed E-state index contributed by atoms with van der Waals surface area (Å²) in [5.74, 6) is -1.02. The van der Waals surface area contributed by atoms with Crippen molar-refractivity contribution >= 4 is 12.0 Å². The maximum absolute atomic E-state index is 11.6. The molecule has 0 aromatic carbocycles. The summed E-state index contributed by atoms with van der Waals surface area (Å²) in [5.41, 5.74) is 1.41. The van der Waals surface area contributed by atoms with Gasteiger partial charge in [0.15, 0.2) is 0 Å². The number of nitrogens with zero attached hydrogens (tertiary/aromatic N) is 2. The van der Waals surface area contributed by atoms with Crippen LogP contribution in [-0.2, 0) is 11.3 Å². The molecule has 0 radical (unpaired) electrons. The molecule has 1 aromatic rings. The van der Waals surface area contributed by atoms with Gasteiger partial charge in [0.25, 0.3) is 0 Å². The minimum absolute atomic E-state index is 0.208. The van der Waals surface area contributed by atoms with E-state index in [1.807, 2.05) is 13.8 Å². The molecule has 0 bridgehead atoms. The van der Waals surface area contributed by atoms with Crippen LogP contribution in [0.2, 0.25) is 0 Å². The molecule has 0 aliphatic carbocycles. The second kappa shape index (κ2) is 8.08. The van der Waals surface area contributed by atoms with Gasteiger partial charge in [-0.15, -0.1) is 0 Å². The Hall–Kier alpha value is -2.18. The van der Waals surface area contributed by atoms with Gasteiger partial charge >= 0.3 is 12.0 Å². The van der Waals surface area contributed by atoms with Gasteiger partial charge in [-0.05, 0) is 13.3 Å². The number of aromatic nitrogens is 2. The first-order valence-corrected chi connectivity index (χ1v) is 6.57. The normalized spacial score (nSPS) is 11.7. The molecular weight excluding hydrogens is 260 g/mol. The fourth-order valence-corrected chi connectivity index (χ4v) is 1.56. The fraction of sp³-hybridized carbons (Fsp3) is 0.538. The van der Waals surface area contributed by atoms with Crippen LogP contribution in [-0.4, -0.2) is 33.1 Å². The predicted octanol–water partition coefficient (Wildman–Crippen LogP) is 1.23. The van der Waals surface area contributed by atoms with Crippen molar-refractivity contribution in [2.45, 2.75) is 45.7 Å². The smallest absolute Gasteiger partial charge is 0.326 e. The monoisotopic (exact) mass is 280 g/mol. The summed E-state index contributed by atoms with van der Waals surface area (Å²) in [5, 5.41) is 14.0. The average Bonchev–Trinajstić information content (AvgIpc) is 2.42. The zero-order chi connectivity index (χ0) is 15.0. The van der Waals surface area contributed by atoms with Crippen LogP contribution in [0.4, 0.5) is 4.79 Å². The Bertz CT molecular complexity index is 447. The van der Waals surface area contributed by atoms with Gasteiger partial charge in [-0.25, -0.2) is 9.59 Å². The number of carbonyl (C=O) groups is 2. The van der Waals surface area contributed by atoms with E-state index >= 15 is 0 Å². The number of urea groups is 1.